The maximum Gasteiger partial charge on any atom is 0.217 e. The van der Waals surface area contributed by atoms with Crippen LogP contribution in [0.15, 0.2) is 60.9 Å². The van der Waals surface area contributed by atoms with Crippen molar-refractivity contribution in [3.05, 3.63) is 60.9 Å². The number of aryl methyl sites for hydroxylation is 1. The second kappa shape index (κ2) is 9.69. The van der Waals surface area contributed by atoms with Gasteiger partial charge in [0.05, 0.1) is 12.8 Å². The minimum absolute atomic E-state index is 0.00604. The fraction of sp³-hybridized carbons (Fsp3) is 0.360. The van der Waals surface area contributed by atoms with Gasteiger partial charge in [0.25, 0.3) is 0 Å². The van der Waals surface area contributed by atoms with Crippen LogP contribution in [0.1, 0.15) is 33.1 Å². The van der Waals surface area contributed by atoms with E-state index in [1.165, 1.54) is 19.8 Å². The predicted octanol–water partition coefficient (Wildman–Crippen LogP) is 5.05. The maximum absolute atomic E-state index is 11.1. The molecule has 0 radical (unpaired) electrons. The van der Waals surface area contributed by atoms with Gasteiger partial charge in [-0.05, 0) is 61.9 Å². The molecule has 1 aliphatic rings. The number of carbonyl (C=O) groups excluding carboxylic acids is 1. The fourth-order valence-electron chi connectivity index (χ4n) is 3.36. The third kappa shape index (κ3) is 6.35. The van der Waals surface area contributed by atoms with Gasteiger partial charge in [0, 0.05) is 37.3 Å². The zero-order chi connectivity index (χ0) is 21.6. The van der Waals surface area contributed by atoms with E-state index in [9.17, 15) is 4.79 Å². The molecule has 1 atom stereocenters. The van der Waals surface area contributed by atoms with E-state index in [1.54, 1.807) is 0 Å². The fourth-order valence-corrected chi connectivity index (χ4v) is 3.36. The number of aromatic nitrogens is 2. The van der Waals surface area contributed by atoms with Gasteiger partial charge in [-0.2, -0.15) is 5.10 Å². The summed E-state index contributed by atoms with van der Waals surface area (Å²) in [5.41, 5.74) is 2.13. The molecule has 2 aromatic carbocycles. The SMILES string of the molecule is CC(=O)NC(C)CCn1cc(-c2ccc(Oc3cccc(OCC4CC4)c3)cc2)cn1. The largest absolute Gasteiger partial charge is 0.493 e. The zero-order valence-corrected chi connectivity index (χ0v) is 18.1. The highest BCUT2D eigenvalue weighted by Crippen LogP contribution is 2.31. The van der Waals surface area contributed by atoms with Gasteiger partial charge in [-0.15, -0.1) is 0 Å². The van der Waals surface area contributed by atoms with Gasteiger partial charge in [0.1, 0.15) is 17.2 Å². The van der Waals surface area contributed by atoms with Crippen LogP contribution >= 0.6 is 0 Å². The quantitative estimate of drug-likeness (QED) is 0.500. The van der Waals surface area contributed by atoms with Gasteiger partial charge in [-0.1, -0.05) is 18.2 Å². The molecule has 1 saturated carbocycles. The van der Waals surface area contributed by atoms with E-state index in [4.69, 9.17) is 9.47 Å². The monoisotopic (exact) mass is 419 g/mol. The number of amides is 1. The van der Waals surface area contributed by atoms with Crippen LogP contribution in [0.2, 0.25) is 0 Å². The average molecular weight is 420 g/mol. The van der Waals surface area contributed by atoms with Gasteiger partial charge < -0.3 is 14.8 Å². The van der Waals surface area contributed by atoms with Crippen LogP contribution in [-0.4, -0.2) is 28.3 Å². The van der Waals surface area contributed by atoms with Gasteiger partial charge in [0.2, 0.25) is 5.91 Å². The molecular formula is C25H29N3O3. The number of rotatable bonds is 10. The van der Waals surface area contributed by atoms with Crippen LogP contribution in [0.5, 0.6) is 17.2 Å². The van der Waals surface area contributed by atoms with Gasteiger partial charge in [-0.3, -0.25) is 9.48 Å². The standard InChI is InChI=1S/C25H29N3O3/c1-18(27-19(2)29)12-13-28-16-22(15-26-28)21-8-10-23(11-9-21)31-25-5-3-4-24(14-25)30-17-20-6-7-20/h3-5,8-11,14-16,18,20H,6-7,12-13,17H2,1-2H3,(H,27,29). The van der Waals surface area contributed by atoms with E-state index < -0.39 is 0 Å². The minimum atomic E-state index is -0.00604. The second-order valence-corrected chi connectivity index (χ2v) is 8.24. The molecule has 1 heterocycles. The van der Waals surface area contributed by atoms with Crippen molar-refractivity contribution in [2.45, 2.75) is 45.7 Å². The number of ether oxygens (including phenoxy) is 2. The van der Waals surface area contributed by atoms with Gasteiger partial charge in [0.15, 0.2) is 0 Å². The number of nitrogens with one attached hydrogen (secondary N) is 1. The molecule has 162 valence electrons. The van der Waals surface area contributed by atoms with Crippen molar-refractivity contribution in [1.82, 2.24) is 15.1 Å². The molecule has 0 aliphatic heterocycles. The zero-order valence-electron chi connectivity index (χ0n) is 18.1. The van der Waals surface area contributed by atoms with E-state index in [-0.39, 0.29) is 11.9 Å². The van der Waals surface area contributed by atoms with Crippen molar-refractivity contribution in [3.8, 4) is 28.4 Å². The summed E-state index contributed by atoms with van der Waals surface area (Å²) in [6, 6.07) is 15.9. The van der Waals surface area contributed by atoms with Crippen molar-refractivity contribution in [2.75, 3.05) is 6.61 Å². The molecule has 1 aliphatic carbocycles. The lowest BCUT2D eigenvalue weighted by Gasteiger charge is -2.11. The summed E-state index contributed by atoms with van der Waals surface area (Å²) in [6.07, 6.45) is 7.27. The van der Waals surface area contributed by atoms with Crippen LogP contribution in [0, 0.1) is 5.92 Å². The highest BCUT2D eigenvalue weighted by molar-refractivity contribution is 5.73. The first-order valence-electron chi connectivity index (χ1n) is 10.9. The summed E-state index contributed by atoms with van der Waals surface area (Å²) in [6.45, 7) is 5.08. The van der Waals surface area contributed by atoms with Crippen LogP contribution < -0.4 is 14.8 Å². The topological polar surface area (TPSA) is 65.4 Å². The Morgan fingerprint density at radius 3 is 2.65 bits per heavy atom. The number of carbonyl (C=O) groups is 1. The summed E-state index contributed by atoms with van der Waals surface area (Å²) >= 11 is 0. The van der Waals surface area contributed by atoms with Crippen LogP contribution in [0.25, 0.3) is 11.1 Å². The Balaban J connectivity index is 1.32. The van der Waals surface area contributed by atoms with Crippen LogP contribution in [-0.2, 0) is 11.3 Å². The molecule has 6 nitrogen and oxygen atoms in total. The summed E-state index contributed by atoms with van der Waals surface area (Å²) in [5, 5.41) is 7.33. The van der Waals surface area contributed by atoms with Crippen molar-refractivity contribution < 1.29 is 14.3 Å². The molecular weight excluding hydrogens is 390 g/mol. The number of benzene rings is 2. The Bertz CT molecular complexity index is 1010. The predicted molar refractivity (Wildman–Crippen MR) is 120 cm³/mol. The Kier molecular flexibility index (Phi) is 6.55. The molecule has 0 saturated heterocycles. The first kappa shape index (κ1) is 21.0. The molecule has 3 aromatic rings. The molecule has 1 N–H and O–H groups in total. The molecule has 0 bridgehead atoms. The third-order valence-corrected chi connectivity index (χ3v) is 5.29. The minimum Gasteiger partial charge on any atom is -0.493 e. The van der Waals surface area contributed by atoms with Crippen molar-refractivity contribution in [2.24, 2.45) is 5.92 Å². The normalized spacial score (nSPS) is 14.1. The van der Waals surface area contributed by atoms with Crippen molar-refractivity contribution in [3.63, 3.8) is 0 Å². The number of hydrogen-bond acceptors (Lipinski definition) is 4. The van der Waals surface area contributed by atoms with E-state index in [0.717, 1.165) is 53.9 Å². The summed E-state index contributed by atoms with van der Waals surface area (Å²) < 4.78 is 13.7. The number of nitrogens with zero attached hydrogens (tertiary/aromatic N) is 2. The van der Waals surface area contributed by atoms with Crippen LogP contribution in [0.3, 0.4) is 0 Å². The van der Waals surface area contributed by atoms with Gasteiger partial charge in [-0.25, -0.2) is 0 Å². The third-order valence-electron chi connectivity index (χ3n) is 5.29. The van der Waals surface area contributed by atoms with E-state index in [1.807, 2.05) is 72.5 Å². The molecule has 31 heavy (non-hydrogen) atoms. The first-order valence-corrected chi connectivity index (χ1v) is 10.9. The summed E-state index contributed by atoms with van der Waals surface area (Å²) in [5.74, 6) is 3.11. The highest BCUT2D eigenvalue weighted by Gasteiger charge is 2.21. The van der Waals surface area contributed by atoms with Crippen molar-refractivity contribution in [1.29, 1.82) is 0 Å². The van der Waals surface area contributed by atoms with Crippen molar-refractivity contribution >= 4 is 5.91 Å². The molecule has 1 amide bonds. The Morgan fingerprint density at radius 2 is 1.90 bits per heavy atom. The van der Waals surface area contributed by atoms with E-state index in [0.29, 0.717) is 0 Å². The molecule has 1 fully saturated rings. The number of hydrogen-bond donors (Lipinski definition) is 1. The smallest absolute Gasteiger partial charge is 0.217 e. The molecule has 1 aromatic heterocycles. The summed E-state index contributed by atoms with van der Waals surface area (Å²) in [7, 11) is 0. The lowest BCUT2D eigenvalue weighted by Crippen LogP contribution is -2.31. The second-order valence-electron chi connectivity index (χ2n) is 8.24. The van der Waals surface area contributed by atoms with Gasteiger partial charge >= 0.3 is 0 Å². The summed E-state index contributed by atoms with van der Waals surface area (Å²) in [4.78, 5) is 11.1. The van der Waals surface area contributed by atoms with Crippen LogP contribution in [0.4, 0.5) is 0 Å². The Morgan fingerprint density at radius 1 is 1.13 bits per heavy atom. The lowest BCUT2D eigenvalue weighted by molar-refractivity contribution is -0.119. The Labute approximate surface area is 183 Å². The van der Waals surface area contributed by atoms with E-state index >= 15 is 0 Å². The average Bonchev–Trinajstić information content (AvgIpc) is 3.47. The highest BCUT2D eigenvalue weighted by atomic mass is 16.5. The molecule has 0 spiro atoms. The molecule has 4 rings (SSSR count). The first-order chi connectivity index (χ1) is 15.0. The molecule has 1 unspecified atom stereocenters. The molecule has 6 heteroatoms. The lowest BCUT2D eigenvalue weighted by atomic mass is 10.1. The van der Waals surface area contributed by atoms with E-state index in [2.05, 4.69) is 10.4 Å². The maximum atomic E-state index is 11.1. The Hall–Kier alpha value is -3.28.